The Hall–Kier alpha value is -1.39. The first-order chi connectivity index (χ1) is 7.03. The number of carbonyl (C=O) groups is 3. The third-order valence-corrected chi connectivity index (χ3v) is 3.07. The Labute approximate surface area is 87.8 Å². The molecule has 5 heteroatoms. The maximum Gasteiger partial charge on any atom is 0.231 e. The van der Waals surface area contributed by atoms with Gasteiger partial charge in [-0.15, -0.1) is 0 Å². The molecule has 0 aliphatic carbocycles. The minimum absolute atomic E-state index is 0.0153. The smallest absolute Gasteiger partial charge is 0.231 e. The van der Waals surface area contributed by atoms with Crippen LogP contribution in [0.1, 0.15) is 19.8 Å². The summed E-state index contributed by atoms with van der Waals surface area (Å²) in [4.78, 5) is 35.4. The summed E-state index contributed by atoms with van der Waals surface area (Å²) in [6.07, 6.45) is 0.978. The number of likely N-dealkylation sites (tertiary alicyclic amines) is 1. The molecule has 5 nitrogen and oxygen atoms in total. The molecule has 0 saturated carbocycles. The van der Waals surface area contributed by atoms with Gasteiger partial charge in [0.15, 0.2) is 0 Å². The van der Waals surface area contributed by atoms with Crippen molar-refractivity contribution in [2.24, 2.45) is 5.41 Å². The molecule has 1 atom stereocenters. The molecule has 2 heterocycles. The average Bonchev–Trinajstić information content (AvgIpc) is 2.16. The van der Waals surface area contributed by atoms with E-state index in [1.807, 2.05) is 0 Å². The second kappa shape index (κ2) is 3.32. The first kappa shape index (κ1) is 10.1. The topological polar surface area (TPSA) is 66.5 Å². The standard InChI is InChI=1S/C10H14N2O3/c1-7(13)5-12-6-10(9(12)15)2-3-11-8(14)4-10/h2-6H2,1H3,(H,11,14). The maximum atomic E-state index is 11.8. The van der Waals surface area contributed by atoms with Gasteiger partial charge >= 0.3 is 0 Å². The zero-order valence-electron chi connectivity index (χ0n) is 8.71. The number of amides is 2. The number of piperidine rings is 1. The number of hydrogen-bond acceptors (Lipinski definition) is 3. The van der Waals surface area contributed by atoms with Gasteiger partial charge in [0.2, 0.25) is 11.8 Å². The van der Waals surface area contributed by atoms with Crippen LogP contribution in [-0.4, -0.2) is 42.1 Å². The lowest BCUT2D eigenvalue weighted by Crippen LogP contribution is -2.65. The van der Waals surface area contributed by atoms with Crippen LogP contribution in [-0.2, 0) is 14.4 Å². The minimum atomic E-state index is -0.488. The van der Waals surface area contributed by atoms with Gasteiger partial charge in [0, 0.05) is 19.5 Å². The van der Waals surface area contributed by atoms with E-state index in [0.29, 0.717) is 19.5 Å². The highest BCUT2D eigenvalue weighted by Crippen LogP contribution is 2.40. The van der Waals surface area contributed by atoms with Crippen LogP contribution in [0.5, 0.6) is 0 Å². The second-order valence-corrected chi connectivity index (χ2v) is 4.42. The number of rotatable bonds is 2. The predicted molar refractivity (Wildman–Crippen MR) is 51.9 cm³/mol. The summed E-state index contributed by atoms with van der Waals surface area (Å²) >= 11 is 0. The molecule has 2 amide bonds. The molecule has 2 fully saturated rings. The molecule has 0 aromatic heterocycles. The lowest BCUT2D eigenvalue weighted by Gasteiger charge is -2.50. The van der Waals surface area contributed by atoms with E-state index in [9.17, 15) is 14.4 Å². The summed E-state index contributed by atoms with van der Waals surface area (Å²) in [6.45, 7) is 2.77. The van der Waals surface area contributed by atoms with E-state index in [4.69, 9.17) is 0 Å². The van der Waals surface area contributed by atoms with E-state index in [1.165, 1.54) is 11.8 Å². The van der Waals surface area contributed by atoms with Gasteiger partial charge < -0.3 is 10.2 Å². The third-order valence-electron chi connectivity index (χ3n) is 3.07. The Morgan fingerprint density at radius 3 is 2.80 bits per heavy atom. The third kappa shape index (κ3) is 1.62. The van der Waals surface area contributed by atoms with Crippen molar-refractivity contribution in [1.82, 2.24) is 10.2 Å². The lowest BCUT2D eigenvalue weighted by atomic mass is 9.71. The zero-order chi connectivity index (χ0) is 11.1. The van der Waals surface area contributed by atoms with Crippen molar-refractivity contribution in [3.63, 3.8) is 0 Å². The van der Waals surface area contributed by atoms with E-state index in [-0.39, 0.29) is 30.6 Å². The summed E-state index contributed by atoms with van der Waals surface area (Å²) in [6, 6.07) is 0. The minimum Gasteiger partial charge on any atom is -0.356 e. The van der Waals surface area contributed by atoms with E-state index >= 15 is 0 Å². The first-order valence-electron chi connectivity index (χ1n) is 5.09. The summed E-state index contributed by atoms with van der Waals surface area (Å²) < 4.78 is 0. The van der Waals surface area contributed by atoms with Gasteiger partial charge in [0.25, 0.3) is 0 Å². The second-order valence-electron chi connectivity index (χ2n) is 4.42. The number of carbonyl (C=O) groups excluding carboxylic acids is 3. The number of Topliss-reactive ketones (excluding diaryl/α,β-unsaturated/α-hetero) is 1. The van der Waals surface area contributed by atoms with Crippen molar-refractivity contribution < 1.29 is 14.4 Å². The van der Waals surface area contributed by atoms with Crippen molar-refractivity contribution in [2.75, 3.05) is 19.6 Å². The lowest BCUT2D eigenvalue weighted by molar-refractivity contribution is -0.167. The molecule has 2 rings (SSSR count). The molecule has 1 unspecified atom stereocenters. The van der Waals surface area contributed by atoms with Crippen molar-refractivity contribution in [3.05, 3.63) is 0 Å². The Bertz CT molecular complexity index is 340. The first-order valence-corrected chi connectivity index (χ1v) is 5.09. The molecule has 2 aliphatic heterocycles. The number of nitrogens with one attached hydrogen (secondary N) is 1. The molecule has 0 aromatic rings. The van der Waals surface area contributed by atoms with Crippen LogP contribution in [0.2, 0.25) is 0 Å². The fraction of sp³-hybridized carbons (Fsp3) is 0.700. The van der Waals surface area contributed by atoms with Crippen LogP contribution < -0.4 is 5.32 Å². The van der Waals surface area contributed by atoms with Crippen molar-refractivity contribution in [2.45, 2.75) is 19.8 Å². The Kier molecular flexibility index (Phi) is 2.25. The molecule has 1 N–H and O–H groups in total. The summed E-state index contributed by atoms with van der Waals surface area (Å²) in [5, 5.41) is 2.70. The number of β-lactam (4-membered cyclic amide) rings is 1. The Morgan fingerprint density at radius 1 is 1.53 bits per heavy atom. The van der Waals surface area contributed by atoms with Crippen LogP contribution in [0.4, 0.5) is 0 Å². The largest absolute Gasteiger partial charge is 0.356 e. The van der Waals surface area contributed by atoms with Gasteiger partial charge in [0.05, 0.1) is 12.0 Å². The normalized spacial score (nSPS) is 30.1. The quantitative estimate of drug-likeness (QED) is 0.614. The van der Waals surface area contributed by atoms with E-state index < -0.39 is 5.41 Å². The Balaban J connectivity index is 2.00. The van der Waals surface area contributed by atoms with Crippen LogP contribution in [0.3, 0.4) is 0 Å². The average molecular weight is 210 g/mol. The van der Waals surface area contributed by atoms with Gasteiger partial charge in [0.1, 0.15) is 5.78 Å². The number of ketones is 1. The van der Waals surface area contributed by atoms with E-state index in [0.717, 1.165) is 0 Å². The van der Waals surface area contributed by atoms with Crippen LogP contribution in [0.25, 0.3) is 0 Å². The molecule has 82 valence electrons. The fourth-order valence-corrected chi connectivity index (χ4v) is 2.36. The highest BCUT2D eigenvalue weighted by Gasteiger charge is 2.54. The monoisotopic (exact) mass is 210 g/mol. The fourth-order valence-electron chi connectivity index (χ4n) is 2.36. The van der Waals surface area contributed by atoms with Crippen molar-refractivity contribution in [1.29, 1.82) is 0 Å². The summed E-state index contributed by atoms with van der Waals surface area (Å²) in [7, 11) is 0. The molecule has 1 spiro atoms. The van der Waals surface area contributed by atoms with Crippen molar-refractivity contribution >= 4 is 17.6 Å². The number of hydrogen-bond donors (Lipinski definition) is 1. The predicted octanol–water partition coefficient (Wildman–Crippen LogP) is -0.686. The highest BCUT2D eigenvalue weighted by molar-refractivity contribution is 5.96. The molecule has 2 saturated heterocycles. The molecule has 0 aromatic carbocycles. The van der Waals surface area contributed by atoms with Crippen LogP contribution in [0.15, 0.2) is 0 Å². The van der Waals surface area contributed by atoms with Gasteiger partial charge in [-0.2, -0.15) is 0 Å². The summed E-state index contributed by atoms with van der Waals surface area (Å²) in [5.74, 6) is -0.108. The summed E-state index contributed by atoms with van der Waals surface area (Å²) in [5.41, 5.74) is -0.488. The molecule has 15 heavy (non-hydrogen) atoms. The highest BCUT2D eigenvalue weighted by atomic mass is 16.2. The van der Waals surface area contributed by atoms with Gasteiger partial charge in [-0.25, -0.2) is 0 Å². The molecular formula is C10H14N2O3. The number of nitrogens with zero attached hydrogens (tertiary/aromatic N) is 1. The zero-order valence-corrected chi connectivity index (χ0v) is 8.71. The van der Waals surface area contributed by atoms with E-state index in [2.05, 4.69) is 5.32 Å². The van der Waals surface area contributed by atoms with Gasteiger partial charge in [-0.05, 0) is 13.3 Å². The van der Waals surface area contributed by atoms with Crippen LogP contribution in [0, 0.1) is 5.41 Å². The molecule has 0 bridgehead atoms. The van der Waals surface area contributed by atoms with Gasteiger partial charge in [-0.3, -0.25) is 14.4 Å². The van der Waals surface area contributed by atoms with Crippen molar-refractivity contribution in [3.8, 4) is 0 Å². The van der Waals surface area contributed by atoms with Crippen LogP contribution >= 0.6 is 0 Å². The molecule has 2 aliphatic rings. The van der Waals surface area contributed by atoms with E-state index in [1.54, 1.807) is 0 Å². The van der Waals surface area contributed by atoms with Gasteiger partial charge in [-0.1, -0.05) is 0 Å². The Morgan fingerprint density at radius 2 is 2.27 bits per heavy atom. The SMILES string of the molecule is CC(=O)CN1CC2(CCNC(=O)C2)C1=O. The maximum absolute atomic E-state index is 11.8. The molecule has 0 radical (unpaired) electrons. The molecular weight excluding hydrogens is 196 g/mol.